The molecule has 11 heavy (non-hydrogen) atoms. The van der Waals surface area contributed by atoms with Gasteiger partial charge < -0.3 is 15.2 Å². The van der Waals surface area contributed by atoms with Gasteiger partial charge in [-0.05, 0) is 19.4 Å². The molecule has 64 valence electrons. The number of carbonyl (C=O) groups excluding carboxylic acids is 1. The normalized spacial score (nSPS) is 31.5. The van der Waals surface area contributed by atoms with Crippen molar-refractivity contribution in [1.82, 2.24) is 5.32 Å². The van der Waals surface area contributed by atoms with Crippen molar-refractivity contribution in [2.24, 2.45) is 0 Å². The lowest BCUT2D eigenvalue weighted by atomic mass is 10.0. The Morgan fingerprint density at radius 3 is 3.00 bits per heavy atom. The lowest BCUT2D eigenvalue weighted by Gasteiger charge is -2.24. The van der Waals surface area contributed by atoms with Crippen LogP contribution >= 0.6 is 0 Å². The maximum absolute atomic E-state index is 10.9. The van der Waals surface area contributed by atoms with E-state index >= 15 is 0 Å². The maximum atomic E-state index is 10.9. The molecule has 1 fully saturated rings. The van der Waals surface area contributed by atoms with E-state index in [1.54, 1.807) is 0 Å². The standard InChI is InChI=1S/C7H13NO3/c1-11-7(10)6-4-5(9)2-3-8-6/h5-6,8-9H,2-4H2,1H3/t5-,6-/m0/s1. The SMILES string of the molecule is COC(=O)[C@@H]1C[C@@H](O)CCN1. The van der Waals surface area contributed by atoms with Gasteiger partial charge in [0.2, 0.25) is 0 Å². The molecule has 1 rings (SSSR count). The van der Waals surface area contributed by atoms with E-state index in [4.69, 9.17) is 0 Å². The summed E-state index contributed by atoms with van der Waals surface area (Å²) in [5, 5.41) is 12.1. The lowest BCUT2D eigenvalue weighted by molar-refractivity contribution is -0.144. The minimum atomic E-state index is -0.361. The van der Waals surface area contributed by atoms with Crippen molar-refractivity contribution in [3.8, 4) is 0 Å². The fraction of sp³-hybridized carbons (Fsp3) is 0.857. The number of aliphatic hydroxyl groups excluding tert-OH is 1. The number of carbonyl (C=O) groups is 1. The van der Waals surface area contributed by atoms with Crippen LogP contribution in [0, 0.1) is 0 Å². The van der Waals surface area contributed by atoms with Crippen LogP contribution in [0.1, 0.15) is 12.8 Å². The molecule has 0 aromatic carbocycles. The molecule has 1 heterocycles. The van der Waals surface area contributed by atoms with Gasteiger partial charge >= 0.3 is 5.97 Å². The number of hydrogen-bond donors (Lipinski definition) is 2. The van der Waals surface area contributed by atoms with Crippen LogP contribution in [0.4, 0.5) is 0 Å². The first-order chi connectivity index (χ1) is 5.24. The number of methoxy groups -OCH3 is 1. The lowest BCUT2D eigenvalue weighted by Crippen LogP contribution is -2.45. The smallest absolute Gasteiger partial charge is 0.322 e. The van der Waals surface area contributed by atoms with E-state index in [2.05, 4.69) is 10.1 Å². The molecule has 0 amide bonds. The first kappa shape index (κ1) is 8.49. The van der Waals surface area contributed by atoms with Gasteiger partial charge in [0, 0.05) is 0 Å². The van der Waals surface area contributed by atoms with Gasteiger partial charge in [-0.3, -0.25) is 4.79 Å². The third-order valence-corrected chi connectivity index (χ3v) is 1.86. The zero-order valence-electron chi connectivity index (χ0n) is 6.54. The molecule has 0 aliphatic carbocycles. The zero-order chi connectivity index (χ0) is 8.27. The summed E-state index contributed by atoms with van der Waals surface area (Å²) in [7, 11) is 1.35. The summed E-state index contributed by atoms with van der Waals surface area (Å²) >= 11 is 0. The van der Waals surface area contributed by atoms with Crippen molar-refractivity contribution >= 4 is 5.97 Å². The van der Waals surface area contributed by atoms with Crippen LogP contribution in [0.2, 0.25) is 0 Å². The fourth-order valence-corrected chi connectivity index (χ4v) is 1.22. The van der Waals surface area contributed by atoms with Crippen molar-refractivity contribution in [3.05, 3.63) is 0 Å². The number of ether oxygens (including phenoxy) is 1. The molecule has 2 N–H and O–H groups in total. The highest BCUT2D eigenvalue weighted by Crippen LogP contribution is 2.08. The van der Waals surface area contributed by atoms with Gasteiger partial charge in [-0.15, -0.1) is 0 Å². The van der Waals surface area contributed by atoms with Crippen LogP contribution in [-0.4, -0.2) is 36.9 Å². The van der Waals surface area contributed by atoms with E-state index in [0.717, 1.165) is 0 Å². The Hall–Kier alpha value is -0.610. The van der Waals surface area contributed by atoms with Crippen molar-refractivity contribution in [1.29, 1.82) is 0 Å². The molecule has 4 nitrogen and oxygen atoms in total. The number of piperidine rings is 1. The van der Waals surface area contributed by atoms with Gasteiger partial charge in [-0.2, -0.15) is 0 Å². The molecule has 0 unspecified atom stereocenters. The molecular weight excluding hydrogens is 146 g/mol. The Bertz CT molecular complexity index is 149. The number of hydrogen-bond acceptors (Lipinski definition) is 4. The Labute approximate surface area is 65.5 Å². The van der Waals surface area contributed by atoms with Gasteiger partial charge in [0.15, 0.2) is 0 Å². The molecule has 0 spiro atoms. The van der Waals surface area contributed by atoms with E-state index in [1.807, 2.05) is 0 Å². The Balaban J connectivity index is 2.39. The first-order valence-corrected chi connectivity index (χ1v) is 3.73. The largest absolute Gasteiger partial charge is 0.468 e. The Morgan fingerprint density at radius 2 is 2.45 bits per heavy atom. The molecule has 1 saturated heterocycles. The summed E-state index contributed by atoms with van der Waals surface area (Å²) in [6.45, 7) is 0.681. The van der Waals surface area contributed by atoms with E-state index in [9.17, 15) is 9.90 Å². The molecule has 2 atom stereocenters. The van der Waals surface area contributed by atoms with Crippen LogP contribution in [0.3, 0.4) is 0 Å². The first-order valence-electron chi connectivity index (χ1n) is 3.73. The summed E-state index contributed by atoms with van der Waals surface area (Å²) in [5.41, 5.74) is 0. The predicted molar refractivity (Wildman–Crippen MR) is 39.0 cm³/mol. The maximum Gasteiger partial charge on any atom is 0.322 e. The quantitative estimate of drug-likeness (QED) is 0.495. The van der Waals surface area contributed by atoms with Gasteiger partial charge in [0.25, 0.3) is 0 Å². The highest BCUT2D eigenvalue weighted by Gasteiger charge is 2.25. The molecule has 4 heteroatoms. The highest BCUT2D eigenvalue weighted by atomic mass is 16.5. The number of esters is 1. The highest BCUT2D eigenvalue weighted by molar-refractivity contribution is 5.75. The summed E-state index contributed by atoms with van der Waals surface area (Å²) in [6, 6.07) is -0.316. The van der Waals surface area contributed by atoms with Crippen molar-refractivity contribution < 1.29 is 14.6 Å². The van der Waals surface area contributed by atoms with Crippen LogP contribution < -0.4 is 5.32 Å². The van der Waals surface area contributed by atoms with E-state index in [1.165, 1.54) is 7.11 Å². The van der Waals surface area contributed by atoms with Gasteiger partial charge in [0.1, 0.15) is 6.04 Å². The summed E-state index contributed by atoms with van der Waals surface area (Å²) in [6.07, 6.45) is 0.820. The molecule has 0 saturated carbocycles. The second kappa shape index (κ2) is 3.69. The second-order valence-electron chi connectivity index (χ2n) is 2.71. The van der Waals surface area contributed by atoms with Gasteiger partial charge in [-0.25, -0.2) is 0 Å². The molecule has 1 aliphatic rings. The average molecular weight is 159 g/mol. The Morgan fingerprint density at radius 1 is 1.73 bits per heavy atom. The van der Waals surface area contributed by atoms with E-state index in [0.29, 0.717) is 19.4 Å². The van der Waals surface area contributed by atoms with Gasteiger partial charge in [0.05, 0.1) is 13.2 Å². The topological polar surface area (TPSA) is 58.6 Å². The second-order valence-corrected chi connectivity index (χ2v) is 2.71. The minimum Gasteiger partial charge on any atom is -0.468 e. The van der Waals surface area contributed by atoms with Crippen molar-refractivity contribution in [3.63, 3.8) is 0 Å². The van der Waals surface area contributed by atoms with Gasteiger partial charge in [-0.1, -0.05) is 0 Å². The van der Waals surface area contributed by atoms with E-state index < -0.39 is 0 Å². The summed E-state index contributed by atoms with van der Waals surface area (Å²) in [4.78, 5) is 10.9. The summed E-state index contributed by atoms with van der Waals surface area (Å²) in [5.74, 6) is -0.288. The number of nitrogens with one attached hydrogen (secondary N) is 1. The number of rotatable bonds is 1. The Kier molecular flexibility index (Phi) is 2.84. The molecule has 0 aromatic heterocycles. The van der Waals surface area contributed by atoms with Crippen molar-refractivity contribution in [2.75, 3.05) is 13.7 Å². The molecule has 0 bridgehead atoms. The van der Waals surface area contributed by atoms with Crippen LogP contribution in [0.25, 0.3) is 0 Å². The molecule has 1 aliphatic heterocycles. The summed E-state index contributed by atoms with van der Waals surface area (Å²) < 4.78 is 4.53. The van der Waals surface area contributed by atoms with Crippen LogP contribution in [-0.2, 0) is 9.53 Å². The third kappa shape index (κ3) is 2.17. The monoisotopic (exact) mass is 159 g/mol. The molecular formula is C7H13NO3. The average Bonchev–Trinajstić information content (AvgIpc) is 2.03. The van der Waals surface area contributed by atoms with Crippen molar-refractivity contribution in [2.45, 2.75) is 25.0 Å². The van der Waals surface area contributed by atoms with Crippen LogP contribution in [0.5, 0.6) is 0 Å². The molecule has 0 aromatic rings. The number of aliphatic hydroxyl groups is 1. The predicted octanol–water partition coefficient (Wildman–Crippen LogP) is -0.728. The minimum absolute atomic E-state index is 0.288. The van der Waals surface area contributed by atoms with E-state index in [-0.39, 0.29) is 18.1 Å². The third-order valence-electron chi connectivity index (χ3n) is 1.86. The van der Waals surface area contributed by atoms with Crippen LogP contribution in [0.15, 0.2) is 0 Å². The zero-order valence-corrected chi connectivity index (χ0v) is 6.54. The molecule has 0 radical (unpaired) electrons. The fourth-order valence-electron chi connectivity index (χ4n) is 1.22.